The molecule has 5 heteroatoms. The maximum atomic E-state index is 10.8. The highest BCUT2D eigenvalue weighted by Crippen LogP contribution is 1.96. The van der Waals surface area contributed by atoms with Crippen LogP contribution in [0.15, 0.2) is 18.5 Å². The van der Waals surface area contributed by atoms with Gasteiger partial charge in [0.15, 0.2) is 6.61 Å². The maximum absolute atomic E-state index is 10.8. The largest absolute Gasteiger partial charge is 0.463 e. The van der Waals surface area contributed by atoms with Crippen LogP contribution in [0.3, 0.4) is 0 Å². The van der Waals surface area contributed by atoms with Crippen LogP contribution in [0.2, 0.25) is 0 Å². The van der Waals surface area contributed by atoms with E-state index < -0.39 is 5.97 Å². The molecule has 1 rings (SSSR count). The van der Waals surface area contributed by atoms with Crippen molar-refractivity contribution in [1.82, 2.24) is 9.97 Å². The van der Waals surface area contributed by atoms with Crippen LogP contribution in [0.5, 0.6) is 6.01 Å². The molecule has 0 unspecified atom stereocenters. The SMILES string of the molecule is CCOC(=O)COc1ncccn1. The van der Waals surface area contributed by atoms with Crippen molar-refractivity contribution in [2.24, 2.45) is 0 Å². The molecule has 0 aliphatic carbocycles. The molecule has 0 fully saturated rings. The Morgan fingerprint density at radius 3 is 2.77 bits per heavy atom. The van der Waals surface area contributed by atoms with Crippen molar-refractivity contribution >= 4 is 5.97 Å². The van der Waals surface area contributed by atoms with Gasteiger partial charge in [-0.25, -0.2) is 14.8 Å². The van der Waals surface area contributed by atoms with E-state index in [1.807, 2.05) is 0 Å². The van der Waals surface area contributed by atoms with Gasteiger partial charge >= 0.3 is 12.0 Å². The molecule has 0 aromatic carbocycles. The molecule has 5 nitrogen and oxygen atoms in total. The van der Waals surface area contributed by atoms with Gasteiger partial charge in [0.25, 0.3) is 0 Å². The quantitative estimate of drug-likeness (QED) is 0.631. The van der Waals surface area contributed by atoms with E-state index in [-0.39, 0.29) is 12.6 Å². The first-order valence-corrected chi connectivity index (χ1v) is 3.88. The summed E-state index contributed by atoms with van der Waals surface area (Å²) >= 11 is 0. The summed E-state index contributed by atoms with van der Waals surface area (Å²) in [5.74, 6) is -0.421. The van der Waals surface area contributed by atoms with Gasteiger partial charge in [0.2, 0.25) is 0 Å². The zero-order valence-electron chi connectivity index (χ0n) is 7.27. The zero-order valence-corrected chi connectivity index (χ0v) is 7.27. The summed E-state index contributed by atoms with van der Waals surface area (Å²) in [7, 11) is 0. The van der Waals surface area contributed by atoms with E-state index in [2.05, 4.69) is 14.7 Å². The molecule has 0 radical (unpaired) electrons. The van der Waals surface area contributed by atoms with Gasteiger partial charge in [-0.2, -0.15) is 0 Å². The number of ether oxygens (including phenoxy) is 2. The number of hydrogen-bond donors (Lipinski definition) is 0. The standard InChI is InChI=1S/C8H10N2O3/c1-2-12-7(11)6-13-8-9-4-3-5-10-8/h3-5H,2,6H2,1H3. The maximum Gasteiger partial charge on any atom is 0.344 e. The number of aromatic nitrogens is 2. The van der Waals surface area contributed by atoms with Gasteiger partial charge in [-0.15, -0.1) is 0 Å². The molecule has 0 bridgehead atoms. The number of esters is 1. The summed E-state index contributed by atoms with van der Waals surface area (Å²) in [4.78, 5) is 18.4. The van der Waals surface area contributed by atoms with Crippen LogP contribution in [-0.2, 0) is 9.53 Å². The molecule has 0 spiro atoms. The highest BCUT2D eigenvalue weighted by molar-refractivity contribution is 5.70. The summed E-state index contributed by atoms with van der Waals surface area (Å²) < 4.78 is 9.57. The predicted octanol–water partition coefficient (Wildman–Crippen LogP) is 0.419. The van der Waals surface area contributed by atoms with Crippen LogP contribution in [0.4, 0.5) is 0 Å². The lowest BCUT2D eigenvalue weighted by molar-refractivity contribution is -0.145. The molecule has 1 aromatic rings. The van der Waals surface area contributed by atoms with Crippen LogP contribution < -0.4 is 4.74 Å². The molecular weight excluding hydrogens is 172 g/mol. The van der Waals surface area contributed by atoms with Crippen molar-refractivity contribution in [3.63, 3.8) is 0 Å². The molecule has 0 saturated carbocycles. The van der Waals surface area contributed by atoms with Gasteiger partial charge in [0, 0.05) is 12.4 Å². The smallest absolute Gasteiger partial charge is 0.344 e. The van der Waals surface area contributed by atoms with E-state index in [1.165, 1.54) is 12.4 Å². The van der Waals surface area contributed by atoms with Crippen molar-refractivity contribution in [3.05, 3.63) is 18.5 Å². The molecule has 0 atom stereocenters. The molecule has 13 heavy (non-hydrogen) atoms. The molecule has 1 aromatic heterocycles. The Labute approximate surface area is 75.7 Å². The van der Waals surface area contributed by atoms with Gasteiger partial charge in [-0.05, 0) is 13.0 Å². The van der Waals surface area contributed by atoms with Gasteiger partial charge in [-0.1, -0.05) is 0 Å². The third-order valence-electron chi connectivity index (χ3n) is 1.17. The number of hydrogen-bond acceptors (Lipinski definition) is 5. The molecule has 0 aliphatic rings. The summed E-state index contributed by atoms with van der Waals surface area (Å²) in [6, 6.07) is 1.84. The second-order valence-corrected chi connectivity index (χ2v) is 2.13. The third-order valence-corrected chi connectivity index (χ3v) is 1.17. The van der Waals surface area contributed by atoms with Crippen molar-refractivity contribution in [2.75, 3.05) is 13.2 Å². The third kappa shape index (κ3) is 3.50. The lowest BCUT2D eigenvalue weighted by Gasteiger charge is -2.02. The van der Waals surface area contributed by atoms with Crippen LogP contribution in [0, 0.1) is 0 Å². The predicted molar refractivity (Wildman–Crippen MR) is 44.2 cm³/mol. The Balaban J connectivity index is 2.31. The average molecular weight is 182 g/mol. The Morgan fingerprint density at radius 1 is 1.46 bits per heavy atom. The summed E-state index contributed by atoms with van der Waals surface area (Å²) in [6.45, 7) is 1.92. The van der Waals surface area contributed by atoms with Gasteiger partial charge in [0.05, 0.1) is 6.61 Å². The van der Waals surface area contributed by atoms with Crippen LogP contribution in [0.1, 0.15) is 6.92 Å². The van der Waals surface area contributed by atoms with E-state index in [0.29, 0.717) is 6.61 Å². The zero-order chi connectivity index (χ0) is 9.52. The number of nitrogens with zero attached hydrogens (tertiary/aromatic N) is 2. The number of carbonyl (C=O) groups excluding carboxylic acids is 1. The summed E-state index contributed by atoms with van der Waals surface area (Å²) in [5.41, 5.74) is 0. The molecule has 0 amide bonds. The minimum atomic E-state index is -0.421. The molecule has 70 valence electrons. The highest BCUT2D eigenvalue weighted by Gasteiger charge is 2.03. The van der Waals surface area contributed by atoms with Gasteiger partial charge in [-0.3, -0.25) is 0 Å². The Bertz CT molecular complexity index is 263. The minimum absolute atomic E-state index is 0.155. The van der Waals surface area contributed by atoms with E-state index in [1.54, 1.807) is 13.0 Å². The first-order valence-electron chi connectivity index (χ1n) is 3.88. The van der Waals surface area contributed by atoms with Crippen molar-refractivity contribution < 1.29 is 14.3 Å². The van der Waals surface area contributed by atoms with Crippen LogP contribution in [0.25, 0.3) is 0 Å². The lowest BCUT2D eigenvalue weighted by Crippen LogP contribution is -2.15. The topological polar surface area (TPSA) is 61.3 Å². The summed E-state index contributed by atoms with van der Waals surface area (Å²) in [5, 5.41) is 0. The molecule has 0 saturated heterocycles. The number of carbonyl (C=O) groups is 1. The molecule has 1 heterocycles. The van der Waals surface area contributed by atoms with E-state index >= 15 is 0 Å². The fourth-order valence-corrected chi connectivity index (χ4v) is 0.686. The highest BCUT2D eigenvalue weighted by atomic mass is 16.6. The Hall–Kier alpha value is -1.65. The Morgan fingerprint density at radius 2 is 2.15 bits per heavy atom. The van der Waals surface area contributed by atoms with E-state index in [4.69, 9.17) is 4.74 Å². The van der Waals surface area contributed by atoms with Crippen LogP contribution in [-0.4, -0.2) is 29.2 Å². The molecule has 0 aliphatic heterocycles. The first-order chi connectivity index (χ1) is 6.33. The first kappa shape index (κ1) is 9.44. The normalized spacial score (nSPS) is 9.31. The minimum Gasteiger partial charge on any atom is -0.463 e. The second kappa shape index (κ2) is 5.08. The Kier molecular flexibility index (Phi) is 3.69. The van der Waals surface area contributed by atoms with Gasteiger partial charge in [0.1, 0.15) is 0 Å². The fourth-order valence-electron chi connectivity index (χ4n) is 0.686. The van der Waals surface area contributed by atoms with Crippen molar-refractivity contribution in [1.29, 1.82) is 0 Å². The van der Waals surface area contributed by atoms with Gasteiger partial charge < -0.3 is 9.47 Å². The van der Waals surface area contributed by atoms with Crippen LogP contribution >= 0.6 is 0 Å². The monoisotopic (exact) mass is 182 g/mol. The summed E-state index contributed by atoms with van der Waals surface area (Å²) in [6.07, 6.45) is 3.07. The van der Waals surface area contributed by atoms with E-state index in [0.717, 1.165) is 0 Å². The van der Waals surface area contributed by atoms with Crippen molar-refractivity contribution in [3.8, 4) is 6.01 Å². The number of rotatable bonds is 4. The lowest BCUT2D eigenvalue weighted by atomic mass is 10.7. The van der Waals surface area contributed by atoms with Crippen molar-refractivity contribution in [2.45, 2.75) is 6.92 Å². The molecule has 0 N–H and O–H groups in total. The average Bonchev–Trinajstić information content (AvgIpc) is 2.17. The van der Waals surface area contributed by atoms with E-state index in [9.17, 15) is 4.79 Å². The fraction of sp³-hybridized carbons (Fsp3) is 0.375. The molecular formula is C8H10N2O3. The second-order valence-electron chi connectivity index (χ2n) is 2.13.